The lowest BCUT2D eigenvalue weighted by molar-refractivity contribution is 0.0303. The molecule has 1 aromatic heterocycles. The fourth-order valence-corrected chi connectivity index (χ4v) is 4.40. The van der Waals surface area contributed by atoms with Crippen molar-refractivity contribution in [2.75, 3.05) is 39.4 Å². The Morgan fingerprint density at radius 3 is 2.69 bits per heavy atom. The van der Waals surface area contributed by atoms with Crippen LogP contribution in [-0.2, 0) is 17.7 Å². The van der Waals surface area contributed by atoms with Crippen LogP contribution in [0.15, 0.2) is 18.2 Å². The van der Waals surface area contributed by atoms with E-state index in [1.54, 1.807) is 0 Å². The van der Waals surface area contributed by atoms with E-state index < -0.39 is 0 Å². The van der Waals surface area contributed by atoms with E-state index in [0.717, 1.165) is 54.5 Å². The largest absolute Gasteiger partial charge is 0.378 e. The molecule has 26 heavy (non-hydrogen) atoms. The number of nitrogens with zero attached hydrogens (tertiary/aromatic N) is 4. The van der Waals surface area contributed by atoms with E-state index in [1.165, 1.54) is 19.3 Å². The van der Waals surface area contributed by atoms with Gasteiger partial charge in [-0.05, 0) is 31.0 Å². The normalized spacial score (nSPS) is 22.1. The number of hydrogen-bond acceptors (Lipinski definition) is 4. The topological polar surface area (TPSA) is 50.6 Å². The molecular weight excluding hydrogens is 328 g/mol. The smallest absolute Gasteiger partial charge is 0.254 e. The Bertz CT molecular complexity index is 821. The molecule has 2 aliphatic heterocycles. The van der Waals surface area contributed by atoms with E-state index in [9.17, 15) is 4.79 Å². The Balaban J connectivity index is 1.42. The minimum atomic E-state index is 0.107. The number of hydrogen-bond donors (Lipinski definition) is 0. The average molecular weight is 354 g/mol. The van der Waals surface area contributed by atoms with Gasteiger partial charge in [0.15, 0.2) is 0 Å². The first kappa shape index (κ1) is 16.3. The summed E-state index contributed by atoms with van der Waals surface area (Å²) in [6, 6.07) is 6.76. The van der Waals surface area contributed by atoms with Crippen molar-refractivity contribution in [3.63, 3.8) is 0 Å². The molecule has 0 bridgehead atoms. The van der Waals surface area contributed by atoms with Gasteiger partial charge < -0.3 is 14.2 Å². The Labute approximate surface area is 153 Å². The van der Waals surface area contributed by atoms with Gasteiger partial charge in [-0.3, -0.25) is 9.69 Å². The van der Waals surface area contributed by atoms with Crippen LogP contribution >= 0.6 is 0 Å². The Morgan fingerprint density at radius 2 is 1.92 bits per heavy atom. The third-order valence-electron chi connectivity index (χ3n) is 6.20. The van der Waals surface area contributed by atoms with E-state index in [4.69, 9.17) is 9.72 Å². The van der Waals surface area contributed by atoms with Crippen LogP contribution in [0.25, 0.3) is 11.0 Å². The number of ether oxygens (including phenoxy) is 1. The molecule has 6 heteroatoms. The zero-order valence-electron chi connectivity index (χ0n) is 15.2. The number of carbonyl (C=O) groups is 1. The number of amides is 1. The minimum Gasteiger partial charge on any atom is -0.378 e. The molecule has 1 aliphatic carbocycles. The highest BCUT2D eigenvalue weighted by Gasteiger charge is 2.27. The van der Waals surface area contributed by atoms with E-state index in [2.05, 4.69) is 9.47 Å². The fourth-order valence-electron chi connectivity index (χ4n) is 4.40. The van der Waals surface area contributed by atoms with Crippen LogP contribution < -0.4 is 0 Å². The third kappa shape index (κ3) is 2.81. The highest BCUT2D eigenvalue weighted by atomic mass is 16.5. The standard InChI is InChI=1S/C20H26N4O2/c25-20(23-10-12-26-13-11-23)15-4-5-17-18(14-15)24-9-8-22(16-2-1-3-16)7-6-19(24)21-17/h4-5,14,16H,1-3,6-13H2. The third-order valence-corrected chi connectivity index (χ3v) is 6.20. The Hall–Kier alpha value is -1.92. The van der Waals surface area contributed by atoms with Crippen molar-refractivity contribution in [2.24, 2.45) is 0 Å². The van der Waals surface area contributed by atoms with Crippen LogP contribution in [0.3, 0.4) is 0 Å². The first-order chi connectivity index (χ1) is 12.8. The van der Waals surface area contributed by atoms with Crippen molar-refractivity contribution >= 4 is 16.9 Å². The van der Waals surface area contributed by atoms with Crippen molar-refractivity contribution < 1.29 is 9.53 Å². The molecular formula is C20H26N4O2. The molecule has 3 heterocycles. The Morgan fingerprint density at radius 1 is 1.08 bits per heavy atom. The van der Waals surface area contributed by atoms with Gasteiger partial charge >= 0.3 is 0 Å². The minimum absolute atomic E-state index is 0.107. The maximum absolute atomic E-state index is 12.8. The molecule has 3 aliphatic rings. The number of morpholine rings is 1. The second-order valence-electron chi connectivity index (χ2n) is 7.66. The van der Waals surface area contributed by atoms with Crippen LogP contribution in [0.5, 0.6) is 0 Å². The van der Waals surface area contributed by atoms with Crippen molar-refractivity contribution in [2.45, 2.75) is 38.3 Å². The Kier molecular flexibility index (Phi) is 4.17. The lowest BCUT2D eigenvalue weighted by atomic mass is 9.91. The zero-order chi connectivity index (χ0) is 17.5. The average Bonchev–Trinajstić information content (AvgIpc) is 2.86. The first-order valence-corrected chi connectivity index (χ1v) is 9.90. The van der Waals surface area contributed by atoms with Gasteiger partial charge in [0.25, 0.3) is 5.91 Å². The number of benzene rings is 1. The lowest BCUT2D eigenvalue weighted by Crippen LogP contribution is -2.41. The van der Waals surface area contributed by atoms with Crippen LogP contribution in [0.1, 0.15) is 35.4 Å². The van der Waals surface area contributed by atoms with Gasteiger partial charge in [-0.1, -0.05) is 6.42 Å². The van der Waals surface area contributed by atoms with E-state index in [0.29, 0.717) is 26.3 Å². The molecule has 0 unspecified atom stereocenters. The molecule has 0 radical (unpaired) electrons. The summed E-state index contributed by atoms with van der Waals surface area (Å²) < 4.78 is 7.70. The quantitative estimate of drug-likeness (QED) is 0.827. The predicted octanol–water partition coefficient (Wildman–Crippen LogP) is 1.92. The van der Waals surface area contributed by atoms with Gasteiger partial charge in [-0.2, -0.15) is 0 Å². The maximum atomic E-state index is 12.8. The van der Waals surface area contributed by atoms with Crippen LogP contribution in [0.4, 0.5) is 0 Å². The van der Waals surface area contributed by atoms with Crippen LogP contribution in [0, 0.1) is 0 Å². The van der Waals surface area contributed by atoms with E-state index in [-0.39, 0.29) is 5.91 Å². The molecule has 1 amide bonds. The number of carbonyl (C=O) groups excluding carboxylic acids is 1. The van der Waals surface area contributed by atoms with Crippen molar-refractivity contribution in [3.05, 3.63) is 29.6 Å². The summed E-state index contributed by atoms with van der Waals surface area (Å²) in [5.74, 6) is 1.27. The van der Waals surface area contributed by atoms with Gasteiger partial charge in [-0.25, -0.2) is 4.98 Å². The SMILES string of the molecule is O=C(c1ccc2nc3n(c2c1)CCN(C1CCC1)CC3)N1CCOCC1. The van der Waals surface area contributed by atoms with Crippen molar-refractivity contribution in [1.82, 2.24) is 19.4 Å². The van der Waals surface area contributed by atoms with E-state index >= 15 is 0 Å². The van der Waals surface area contributed by atoms with Crippen molar-refractivity contribution in [1.29, 1.82) is 0 Å². The summed E-state index contributed by atoms with van der Waals surface area (Å²) in [7, 11) is 0. The number of imidazole rings is 1. The molecule has 0 atom stereocenters. The molecule has 6 nitrogen and oxygen atoms in total. The fraction of sp³-hybridized carbons (Fsp3) is 0.600. The second-order valence-corrected chi connectivity index (χ2v) is 7.66. The highest BCUT2D eigenvalue weighted by molar-refractivity contribution is 5.97. The number of rotatable bonds is 2. The van der Waals surface area contributed by atoms with Gasteiger partial charge in [0.05, 0.1) is 24.2 Å². The maximum Gasteiger partial charge on any atom is 0.254 e. The first-order valence-electron chi connectivity index (χ1n) is 9.90. The number of fused-ring (bicyclic) bond motifs is 3. The van der Waals surface area contributed by atoms with E-state index in [1.807, 2.05) is 23.1 Å². The molecule has 2 aromatic rings. The van der Waals surface area contributed by atoms with Gasteiger partial charge in [0.1, 0.15) is 5.82 Å². The molecule has 138 valence electrons. The van der Waals surface area contributed by atoms with Crippen molar-refractivity contribution in [3.8, 4) is 0 Å². The summed E-state index contributed by atoms with van der Waals surface area (Å²) in [4.78, 5) is 22.2. The number of aromatic nitrogens is 2. The predicted molar refractivity (Wildman–Crippen MR) is 99.4 cm³/mol. The summed E-state index contributed by atoms with van der Waals surface area (Å²) in [6.07, 6.45) is 5.07. The van der Waals surface area contributed by atoms with Crippen LogP contribution in [0.2, 0.25) is 0 Å². The van der Waals surface area contributed by atoms with Gasteiger partial charge in [-0.15, -0.1) is 0 Å². The van der Waals surface area contributed by atoms with Gasteiger partial charge in [0.2, 0.25) is 0 Å². The molecule has 1 saturated carbocycles. The molecule has 1 aromatic carbocycles. The molecule has 0 spiro atoms. The van der Waals surface area contributed by atoms with Crippen LogP contribution in [-0.4, -0.2) is 70.7 Å². The monoisotopic (exact) mass is 354 g/mol. The summed E-state index contributed by atoms with van der Waals surface area (Å²) in [5.41, 5.74) is 2.88. The molecule has 1 saturated heterocycles. The lowest BCUT2D eigenvalue weighted by Gasteiger charge is -2.36. The molecule has 0 N–H and O–H groups in total. The summed E-state index contributed by atoms with van der Waals surface area (Å²) in [5, 5.41) is 0. The zero-order valence-corrected chi connectivity index (χ0v) is 15.2. The molecule has 2 fully saturated rings. The highest BCUT2D eigenvalue weighted by Crippen LogP contribution is 2.27. The summed E-state index contributed by atoms with van der Waals surface area (Å²) in [6.45, 7) is 5.78. The second kappa shape index (κ2) is 6.67. The molecule has 5 rings (SSSR count). The van der Waals surface area contributed by atoms with Gasteiger partial charge in [0, 0.05) is 50.7 Å². The summed E-state index contributed by atoms with van der Waals surface area (Å²) >= 11 is 0.